The van der Waals surface area contributed by atoms with Crippen molar-refractivity contribution in [2.24, 2.45) is 4.99 Å². The molecule has 9 heteroatoms. The average molecular weight is 524 g/mol. The van der Waals surface area contributed by atoms with Crippen LogP contribution in [0.1, 0.15) is 57.5 Å². The van der Waals surface area contributed by atoms with Gasteiger partial charge in [-0.2, -0.15) is 0 Å². The summed E-state index contributed by atoms with van der Waals surface area (Å²) < 4.78 is 20.7. The number of aryl methyl sites for hydroxylation is 2. The van der Waals surface area contributed by atoms with E-state index in [2.05, 4.69) is 14.9 Å². The van der Waals surface area contributed by atoms with E-state index < -0.39 is 0 Å². The number of carbonyl (C=O) groups is 2. The van der Waals surface area contributed by atoms with E-state index in [1.54, 1.807) is 23.5 Å². The Hall–Kier alpha value is -3.17. The number of nitrogens with zero attached hydrogens (tertiary/aromatic N) is 2. The molecule has 0 spiro atoms. The highest BCUT2D eigenvalue weighted by Gasteiger charge is 2.29. The molecule has 1 saturated heterocycles. The molecule has 36 heavy (non-hydrogen) atoms. The van der Waals surface area contributed by atoms with Crippen molar-refractivity contribution in [2.75, 3.05) is 6.61 Å². The van der Waals surface area contributed by atoms with Crippen molar-refractivity contribution in [3.8, 4) is 5.00 Å². The third-order valence-corrected chi connectivity index (χ3v) is 8.49. The summed E-state index contributed by atoms with van der Waals surface area (Å²) in [5.74, 6) is -0.841. The maximum absolute atomic E-state index is 13.2. The van der Waals surface area contributed by atoms with Crippen LogP contribution >= 0.6 is 23.1 Å². The summed E-state index contributed by atoms with van der Waals surface area (Å²) in [4.78, 5) is 31.8. The number of rotatable bonds is 5. The number of amidine groups is 1. The first-order valence-corrected chi connectivity index (χ1v) is 13.5. The maximum Gasteiger partial charge on any atom is 0.341 e. The molecule has 3 aromatic rings. The highest BCUT2D eigenvalue weighted by molar-refractivity contribution is 8.18. The van der Waals surface area contributed by atoms with Gasteiger partial charge in [0.2, 0.25) is 0 Å². The fourth-order valence-corrected chi connectivity index (χ4v) is 6.94. The quantitative estimate of drug-likeness (QED) is 0.317. The van der Waals surface area contributed by atoms with Crippen molar-refractivity contribution >= 4 is 51.9 Å². The van der Waals surface area contributed by atoms with Crippen LogP contribution in [0.3, 0.4) is 0 Å². The molecule has 1 N–H and O–H groups in total. The third kappa shape index (κ3) is 4.65. The van der Waals surface area contributed by atoms with Crippen LogP contribution in [0.4, 0.5) is 10.1 Å². The maximum atomic E-state index is 13.2. The number of halogens is 1. The largest absolute Gasteiger partial charge is 0.462 e. The molecule has 3 heterocycles. The van der Waals surface area contributed by atoms with Crippen LogP contribution in [0.25, 0.3) is 11.1 Å². The molecule has 5 rings (SSSR count). The molecule has 2 aliphatic rings. The number of aliphatic imine (C=N–C) groups is 1. The third-order valence-electron chi connectivity index (χ3n) is 6.30. The first-order valence-electron chi connectivity index (χ1n) is 11.9. The van der Waals surface area contributed by atoms with Gasteiger partial charge in [0.1, 0.15) is 10.8 Å². The molecular formula is C27H26FN3O3S2. The molecule has 1 amide bonds. The Labute approximate surface area is 217 Å². The monoisotopic (exact) mass is 523 g/mol. The Balaban J connectivity index is 1.50. The van der Waals surface area contributed by atoms with E-state index in [1.165, 1.54) is 28.8 Å². The van der Waals surface area contributed by atoms with E-state index in [-0.39, 0.29) is 17.7 Å². The summed E-state index contributed by atoms with van der Waals surface area (Å²) >= 11 is 2.91. The van der Waals surface area contributed by atoms with Gasteiger partial charge < -0.3 is 14.6 Å². The van der Waals surface area contributed by atoms with Gasteiger partial charge in [0, 0.05) is 16.3 Å². The fraction of sp³-hybridized carbons (Fsp3) is 0.296. The summed E-state index contributed by atoms with van der Waals surface area (Å²) in [6.07, 6.45) is 5.93. The van der Waals surface area contributed by atoms with Crippen LogP contribution in [-0.4, -0.2) is 28.2 Å². The van der Waals surface area contributed by atoms with Gasteiger partial charge in [-0.15, -0.1) is 11.3 Å². The van der Waals surface area contributed by atoms with Crippen LogP contribution in [0.2, 0.25) is 0 Å². The average Bonchev–Trinajstić information content (AvgIpc) is 3.48. The lowest BCUT2D eigenvalue weighted by Crippen LogP contribution is -2.19. The van der Waals surface area contributed by atoms with Crippen molar-refractivity contribution in [1.29, 1.82) is 0 Å². The molecular weight excluding hydrogens is 497 g/mol. The van der Waals surface area contributed by atoms with Crippen LogP contribution in [0.5, 0.6) is 0 Å². The first kappa shape index (κ1) is 24.5. The van der Waals surface area contributed by atoms with Crippen molar-refractivity contribution in [3.63, 3.8) is 0 Å². The minimum atomic E-state index is -0.337. The summed E-state index contributed by atoms with van der Waals surface area (Å²) in [5, 5.41) is 4.11. The molecule has 1 aliphatic heterocycles. The van der Waals surface area contributed by atoms with Gasteiger partial charge in [-0.25, -0.2) is 14.2 Å². The lowest BCUT2D eigenvalue weighted by atomic mass is 9.95. The number of amides is 1. The molecule has 0 unspecified atom stereocenters. The predicted octanol–water partition coefficient (Wildman–Crippen LogP) is 6.24. The van der Waals surface area contributed by atoms with E-state index in [0.717, 1.165) is 53.2 Å². The van der Waals surface area contributed by atoms with Gasteiger partial charge in [-0.05, 0) is 106 Å². The highest BCUT2D eigenvalue weighted by Crippen LogP contribution is 2.40. The molecule has 2 aromatic heterocycles. The van der Waals surface area contributed by atoms with Gasteiger partial charge in [-0.3, -0.25) is 4.79 Å². The standard InChI is InChI=1S/C27H26FN3O3S2/c1-4-34-26(33)23-20-7-5-6-8-21(20)35-25(23)31-15(2)13-17(16(31)3)14-22-24(32)30-27(36-22)29-19-11-9-18(28)10-12-19/h9-14H,4-8H2,1-3H3,(H,29,30,32)/b22-14+. The van der Waals surface area contributed by atoms with E-state index in [0.29, 0.717) is 27.9 Å². The van der Waals surface area contributed by atoms with Crippen molar-refractivity contribution < 1.29 is 18.7 Å². The van der Waals surface area contributed by atoms with Crippen LogP contribution in [-0.2, 0) is 22.4 Å². The lowest BCUT2D eigenvalue weighted by Gasteiger charge is -2.13. The number of hydrogen-bond acceptors (Lipinski definition) is 6. The van der Waals surface area contributed by atoms with Gasteiger partial charge >= 0.3 is 5.97 Å². The van der Waals surface area contributed by atoms with Crippen molar-refractivity contribution in [1.82, 2.24) is 9.88 Å². The van der Waals surface area contributed by atoms with Crippen LogP contribution < -0.4 is 5.32 Å². The highest BCUT2D eigenvalue weighted by atomic mass is 32.2. The summed E-state index contributed by atoms with van der Waals surface area (Å²) in [6, 6.07) is 7.82. The first-order chi connectivity index (χ1) is 17.4. The second-order valence-electron chi connectivity index (χ2n) is 8.73. The molecule has 1 aliphatic carbocycles. The number of aromatic nitrogens is 1. The SMILES string of the molecule is CCOC(=O)c1c(-n2c(C)cc(/C=C3/SC(=Nc4ccc(F)cc4)NC3=O)c2C)sc2c1CCCC2. The molecule has 1 fully saturated rings. The fourth-order valence-electron chi connectivity index (χ4n) is 4.62. The zero-order valence-corrected chi connectivity index (χ0v) is 21.9. The topological polar surface area (TPSA) is 72.7 Å². The number of ether oxygens (including phenoxy) is 1. The number of thiophene rings is 1. The minimum Gasteiger partial charge on any atom is -0.462 e. The van der Waals surface area contributed by atoms with E-state index >= 15 is 0 Å². The van der Waals surface area contributed by atoms with Gasteiger partial charge in [0.05, 0.1) is 22.8 Å². The zero-order valence-electron chi connectivity index (χ0n) is 20.3. The van der Waals surface area contributed by atoms with E-state index in [9.17, 15) is 14.0 Å². The molecule has 186 valence electrons. The molecule has 0 saturated carbocycles. The number of carbonyl (C=O) groups excluding carboxylic acids is 2. The Morgan fingerprint density at radius 3 is 2.72 bits per heavy atom. The Morgan fingerprint density at radius 1 is 1.22 bits per heavy atom. The normalized spacial score (nSPS) is 17.5. The molecule has 0 radical (unpaired) electrons. The summed E-state index contributed by atoms with van der Waals surface area (Å²) in [5.41, 5.74) is 5.19. The van der Waals surface area contributed by atoms with Crippen LogP contribution in [0.15, 0.2) is 40.2 Å². The Kier molecular flexibility index (Phi) is 6.85. The molecule has 6 nitrogen and oxygen atoms in total. The summed E-state index contributed by atoms with van der Waals surface area (Å²) in [7, 11) is 0. The number of thioether (sulfide) groups is 1. The van der Waals surface area contributed by atoms with Crippen LogP contribution in [0, 0.1) is 19.7 Å². The Bertz CT molecular complexity index is 1420. The second-order valence-corrected chi connectivity index (χ2v) is 10.8. The van der Waals surface area contributed by atoms with Gasteiger partial charge in [0.15, 0.2) is 5.17 Å². The van der Waals surface area contributed by atoms with Crippen molar-refractivity contribution in [2.45, 2.75) is 46.5 Å². The minimum absolute atomic E-state index is 0.232. The molecule has 0 atom stereocenters. The predicted molar refractivity (Wildman–Crippen MR) is 143 cm³/mol. The smallest absolute Gasteiger partial charge is 0.341 e. The number of esters is 1. The molecule has 1 aromatic carbocycles. The summed E-state index contributed by atoms with van der Waals surface area (Å²) in [6.45, 7) is 6.16. The second kappa shape index (κ2) is 10.1. The number of fused-ring (bicyclic) bond motifs is 1. The van der Waals surface area contributed by atoms with E-state index in [4.69, 9.17) is 4.74 Å². The molecule has 0 bridgehead atoms. The zero-order chi connectivity index (χ0) is 25.4. The lowest BCUT2D eigenvalue weighted by molar-refractivity contribution is -0.115. The number of benzene rings is 1. The number of nitrogens with one attached hydrogen (secondary N) is 1. The Morgan fingerprint density at radius 2 is 1.97 bits per heavy atom. The van der Waals surface area contributed by atoms with Crippen molar-refractivity contribution in [3.05, 3.63) is 74.0 Å². The van der Waals surface area contributed by atoms with E-state index in [1.807, 2.05) is 32.9 Å². The van der Waals surface area contributed by atoms with Gasteiger partial charge in [-0.1, -0.05) is 0 Å². The van der Waals surface area contributed by atoms with Gasteiger partial charge in [0.25, 0.3) is 5.91 Å². The number of hydrogen-bond donors (Lipinski definition) is 1.